The largest absolute Gasteiger partial charge is 0.294 e. The molecule has 0 unspecified atom stereocenters. The lowest BCUT2D eigenvalue weighted by Gasteiger charge is -2.08. The molecule has 0 aliphatic heterocycles. The fraction of sp³-hybridized carbons (Fsp3) is 0.0588. The summed E-state index contributed by atoms with van der Waals surface area (Å²) >= 11 is 12.3. The Morgan fingerprint density at radius 3 is 2.48 bits per heavy atom. The SMILES string of the molecule is O=C(Cc1c(Cl)cccc1Cl)c1cccc2ccncc12. The van der Waals surface area contributed by atoms with E-state index in [4.69, 9.17) is 23.2 Å². The molecule has 0 aliphatic rings. The Labute approximate surface area is 132 Å². The number of ketones is 1. The predicted molar refractivity (Wildman–Crippen MR) is 86.2 cm³/mol. The summed E-state index contributed by atoms with van der Waals surface area (Å²) in [6.07, 6.45) is 3.59. The highest BCUT2D eigenvalue weighted by Gasteiger charge is 2.14. The van der Waals surface area contributed by atoms with Crippen LogP contribution < -0.4 is 0 Å². The molecule has 0 atom stereocenters. The van der Waals surface area contributed by atoms with Crippen molar-refractivity contribution in [2.45, 2.75) is 6.42 Å². The van der Waals surface area contributed by atoms with Crippen LogP contribution in [-0.4, -0.2) is 10.8 Å². The molecule has 0 bridgehead atoms. The third-order valence-electron chi connectivity index (χ3n) is 3.38. The third-order valence-corrected chi connectivity index (χ3v) is 4.09. The highest BCUT2D eigenvalue weighted by Crippen LogP contribution is 2.27. The van der Waals surface area contributed by atoms with E-state index in [1.807, 2.05) is 18.2 Å². The van der Waals surface area contributed by atoms with Crippen molar-refractivity contribution in [3.8, 4) is 0 Å². The molecule has 2 aromatic carbocycles. The first-order valence-electron chi connectivity index (χ1n) is 6.45. The van der Waals surface area contributed by atoms with Crippen LogP contribution in [0.15, 0.2) is 54.9 Å². The molecule has 4 heteroatoms. The summed E-state index contributed by atoms with van der Waals surface area (Å²) in [5.74, 6) is -0.0244. The fourth-order valence-electron chi connectivity index (χ4n) is 2.31. The first-order chi connectivity index (χ1) is 10.2. The Kier molecular flexibility index (Phi) is 3.91. The zero-order valence-electron chi connectivity index (χ0n) is 11.0. The first kappa shape index (κ1) is 14.1. The van der Waals surface area contributed by atoms with E-state index < -0.39 is 0 Å². The number of aromatic nitrogens is 1. The monoisotopic (exact) mass is 315 g/mol. The quantitative estimate of drug-likeness (QED) is 0.639. The number of benzene rings is 2. The Bertz CT molecular complexity index is 804. The number of nitrogens with zero attached hydrogens (tertiary/aromatic N) is 1. The van der Waals surface area contributed by atoms with Crippen molar-refractivity contribution >= 4 is 39.8 Å². The number of carbonyl (C=O) groups excluding carboxylic acids is 1. The lowest BCUT2D eigenvalue weighted by molar-refractivity contribution is 0.0994. The number of rotatable bonds is 3. The predicted octanol–water partition coefficient (Wildman–Crippen LogP) is 4.97. The summed E-state index contributed by atoms with van der Waals surface area (Å²) < 4.78 is 0. The van der Waals surface area contributed by atoms with Crippen LogP contribution in [0.3, 0.4) is 0 Å². The van der Waals surface area contributed by atoms with Crippen LogP contribution in [0.25, 0.3) is 10.8 Å². The van der Waals surface area contributed by atoms with Crippen LogP contribution in [0.2, 0.25) is 10.0 Å². The second-order valence-corrected chi connectivity index (χ2v) is 5.52. The second kappa shape index (κ2) is 5.84. The molecule has 0 saturated carbocycles. The van der Waals surface area contributed by atoms with Crippen LogP contribution in [0, 0.1) is 0 Å². The summed E-state index contributed by atoms with van der Waals surface area (Å²) in [7, 11) is 0. The smallest absolute Gasteiger partial charge is 0.168 e. The zero-order chi connectivity index (χ0) is 14.8. The lowest BCUT2D eigenvalue weighted by atomic mass is 9.98. The molecule has 0 saturated heterocycles. The Morgan fingerprint density at radius 1 is 1.00 bits per heavy atom. The van der Waals surface area contributed by atoms with Crippen LogP contribution in [0.4, 0.5) is 0 Å². The lowest BCUT2D eigenvalue weighted by Crippen LogP contribution is -2.05. The average molecular weight is 316 g/mol. The second-order valence-electron chi connectivity index (χ2n) is 4.70. The van der Waals surface area contributed by atoms with Gasteiger partial charge in [-0.2, -0.15) is 0 Å². The van der Waals surface area contributed by atoms with Crippen molar-refractivity contribution < 1.29 is 4.79 Å². The maximum absolute atomic E-state index is 12.6. The molecule has 0 aliphatic carbocycles. The van der Waals surface area contributed by atoms with E-state index >= 15 is 0 Å². The molecule has 0 radical (unpaired) electrons. The maximum atomic E-state index is 12.6. The van der Waals surface area contributed by atoms with E-state index in [-0.39, 0.29) is 12.2 Å². The Hall–Kier alpha value is -1.90. The number of pyridine rings is 1. The number of carbonyl (C=O) groups is 1. The third kappa shape index (κ3) is 2.78. The zero-order valence-corrected chi connectivity index (χ0v) is 12.5. The molecule has 0 fully saturated rings. The van der Waals surface area contributed by atoms with Crippen molar-refractivity contribution in [3.63, 3.8) is 0 Å². The molecule has 3 rings (SSSR count). The molecule has 21 heavy (non-hydrogen) atoms. The minimum absolute atomic E-state index is 0.0244. The molecular formula is C17H11Cl2NO. The number of halogens is 2. The van der Waals surface area contributed by atoms with E-state index in [1.54, 1.807) is 36.7 Å². The van der Waals surface area contributed by atoms with Crippen LogP contribution in [0.5, 0.6) is 0 Å². The summed E-state index contributed by atoms with van der Waals surface area (Å²) in [6, 6.07) is 12.7. The van der Waals surface area contributed by atoms with Gasteiger partial charge in [-0.05, 0) is 29.1 Å². The average Bonchev–Trinajstić information content (AvgIpc) is 2.50. The van der Waals surface area contributed by atoms with Gasteiger partial charge in [-0.3, -0.25) is 9.78 Å². The molecule has 2 nitrogen and oxygen atoms in total. The molecule has 104 valence electrons. The van der Waals surface area contributed by atoms with Crippen molar-refractivity contribution in [2.24, 2.45) is 0 Å². The normalized spacial score (nSPS) is 10.8. The first-order valence-corrected chi connectivity index (χ1v) is 7.21. The standard InChI is InChI=1S/C17H11Cl2NO/c18-15-5-2-6-16(19)13(15)9-17(21)12-4-1-3-11-7-8-20-10-14(11)12/h1-8,10H,9H2. The molecule has 1 aromatic heterocycles. The number of Topliss-reactive ketones (excluding diaryl/α,β-unsaturated/α-hetero) is 1. The van der Waals surface area contributed by atoms with E-state index in [2.05, 4.69) is 4.98 Å². The summed E-state index contributed by atoms with van der Waals surface area (Å²) in [6.45, 7) is 0. The van der Waals surface area contributed by atoms with Crippen molar-refractivity contribution in [1.29, 1.82) is 0 Å². The van der Waals surface area contributed by atoms with Gasteiger partial charge in [0.15, 0.2) is 5.78 Å². The van der Waals surface area contributed by atoms with Gasteiger partial charge in [-0.15, -0.1) is 0 Å². The summed E-state index contributed by atoms with van der Waals surface area (Å²) in [5.41, 5.74) is 1.29. The van der Waals surface area contributed by atoms with Gasteiger partial charge in [-0.1, -0.05) is 47.5 Å². The van der Waals surface area contributed by atoms with E-state index in [0.29, 0.717) is 21.2 Å². The fourth-order valence-corrected chi connectivity index (χ4v) is 2.84. The van der Waals surface area contributed by atoms with Crippen LogP contribution in [-0.2, 0) is 6.42 Å². The van der Waals surface area contributed by atoms with Crippen molar-refractivity contribution in [3.05, 3.63) is 76.0 Å². The van der Waals surface area contributed by atoms with Crippen molar-refractivity contribution in [2.75, 3.05) is 0 Å². The van der Waals surface area contributed by atoms with Gasteiger partial charge < -0.3 is 0 Å². The van der Waals surface area contributed by atoms with Crippen molar-refractivity contribution in [1.82, 2.24) is 4.98 Å². The van der Waals surface area contributed by atoms with Gasteiger partial charge in [0, 0.05) is 39.8 Å². The number of hydrogen-bond acceptors (Lipinski definition) is 2. The molecule has 1 heterocycles. The van der Waals surface area contributed by atoms with E-state index in [1.165, 1.54) is 0 Å². The van der Waals surface area contributed by atoms with E-state index in [0.717, 1.165) is 10.8 Å². The maximum Gasteiger partial charge on any atom is 0.168 e. The molecule has 0 spiro atoms. The highest BCUT2D eigenvalue weighted by molar-refractivity contribution is 6.36. The summed E-state index contributed by atoms with van der Waals surface area (Å²) in [4.78, 5) is 16.7. The van der Waals surface area contributed by atoms with Crippen LogP contribution in [0.1, 0.15) is 15.9 Å². The Morgan fingerprint density at radius 2 is 1.71 bits per heavy atom. The van der Waals surface area contributed by atoms with Gasteiger partial charge in [0.2, 0.25) is 0 Å². The van der Waals surface area contributed by atoms with Gasteiger partial charge in [0.05, 0.1) is 0 Å². The Balaban J connectivity index is 2.02. The minimum atomic E-state index is -0.0244. The number of hydrogen-bond donors (Lipinski definition) is 0. The van der Waals surface area contributed by atoms with Gasteiger partial charge in [-0.25, -0.2) is 0 Å². The topological polar surface area (TPSA) is 30.0 Å². The molecular weight excluding hydrogens is 305 g/mol. The van der Waals surface area contributed by atoms with Crippen LogP contribution >= 0.6 is 23.2 Å². The summed E-state index contributed by atoms with van der Waals surface area (Å²) in [5, 5.41) is 2.85. The van der Waals surface area contributed by atoms with Gasteiger partial charge in [0.25, 0.3) is 0 Å². The molecule has 3 aromatic rings. The van der Waals surface area contributed by atoms with Gasteiger partial charge in [0.1, 0.15) is 0 Å². The minimum Gasteiger partial charge on any atom is -0.294 e. The highest BCUT2D eigenvalue weighted by atomic mass is 35.5. The number of fused-ring (bicyclic) bond motifs is 1. The molecule has 0 amide bonds. The molecule has 0 N–H and O–H groups in total. The van der Waals surface area contributed by atoms with Gasteiger partial charge >= 0.3 is 0 Å². The van der Waals surface area contributed by atoms with E-state index in [9.17, 15) is 4.79 Å².